The summed E-state index contributed by atoms with van der Waals surface area (Å²) in [5.41, 5.74) is 1.65. The van der Waals surface area contributed by atoms with Crippen LogP contribution < -0.4 is 4.90 Å². The first kappa shape index (κ1) is 13.1. The molecule has 0 heterocycles. The number of rotatable bonds is 5. The highest BCUT2D eigenvalue weighted by Crippen LogP contribution is 2.20. The fourth-order valence-corrected chi connectivity index (χ4v) is 1.63. The van der Waals surface area contributed by atoms with E-state index in [-0.39, 0.29) is 5.75 Å². The third kappa shape index (κ3) is 4.18. The maximum Gasteiger partial charge on any atom is 0.328 e. The SMILES string of the molecule is CCN(C/C(C)=C/C(=O)O)c1cccc(O)c1. The van der Waals surface area contributed by atoms with Crippen LogP contribution >= 0.6 is 0 Å². The zero-order chi connectivity index (χ0) is 12.8. The molecule has 1 aromatic carbocycles. The fraction of sp³-hybridized carbons (Fsp3) is 0.308. The summed E-state index contributed by atoms with van der Waals surface area (Å²) in [6, 6.07) is 6.93. The summed E-state index contributed by atoms with van der Waals surface area (Å²) >= 11 is 0. The number of benzene rings is 1. The van der Waals surface area contributed by atoms with E-state index in [9.17, 15) is 9.90 Å². The monoisotopic (exact) mass is 235 g/mol. The van der Waals surface area contributed by atoms with Gasteiger partial charge in [0.2, 0.25) is 0 Å². The summed E-state index contributed by atoms with van der Waals surface area (Å²) in [6.45, 7) is 5.04. The third-order valence-corrected chi connectivity index (χ3v) is 2.39. The molecule has 1 aromatic rings. The minimum atomic E-state index is -0.936. The van der Waals surface area contributed by atoms with Gasteiger partial charge in [0.05, 0.1) is 0 Å². The predicted molar refractivity (Wildman–Crippen MR) is 67.4 cm³/mol. The van der Waals surface area contributed by atoms with Gasteiger partial charge >= 0.3 is 5.97 Å². The third-order valence-electron chi connectivity index (χ3n) is 2.39. The number of carboxylic acid groups (broad SMARTS) is 1. The van der Waals surface area contributed by atoms with E-state index >= 15 is 0 Å². The molecule has 0 radical (unpaired) electrons. The van der Waals surface area contributed by atoms with Gasteiger partial charge in [-0.3, -0.25) is 0 Å². The van der Waals surface area contributed by atoms with Crippen LogP contribution in [0.4, 0.5) is 5.69 Å². The second-order valence-corrected chi connectivity index (χ2v) is 3.86. The first-order chi connectivity index (χ1) is 8.02. The smallest absolute Gasteiger partial charge is 0.328 e. The molecule has 0 unspecified atom stereocenters. The van der Waals surface area contributed by atoms with Gasteiger partial charge in [-0.15, -0.1) is 0 Å². The summed E-state index contributed by atoms with van der Waals surface area (Å²) in [5, 5.41) is 18.1. The van der Waals surface area contributed by atoms with Crippen LogP contribution in [0.2, 0.25) is 0 Å². The molecule has 4 nitrogen and oxygen atoms in total. The number of hydrogen-bond acceptors (Lipinski definition) is 3. The fourth-order valence-electron chi connectivity index (χ4n) is 1.63. The quantitative estimate of drug-likeness (QED) is 0.768. The van der Waals surface area contributed by atoms with Crippen LogP contribution in [0.15, 0.2) is 35.9 Å². The van der Waals surface area contributed by atoms with Crippen LogP contribution in [0.25, 0.3) is 0 Å². The van der Waals surface area contributed by atoms with Crippen molar-refractivity contribution in [1.82, 2.24) is 0 Å². The Balaban J connectivity index is 2.82. The van der Waals surface area contributed by atoms with Gasteiger partial charge in [0, 0.05) is 30.9 Å². The molecule has 0 saturated heterocycles. The van der Waals surface area contributed by atoms with Crippen molar-refractivity contribution in [3.63, 3.8) is 0 Å². The van der Waals surface area contributed by atoms with E-state index in [2.05, 4.69) is 0 Å². The molecule has 1 rings (SSSR count). The number of likely N-dealkylation sites (N-methyl/N-ethyl adjacent to an activating group) is 1. The van der Waals surface area contributed by atoms with Gasteiger partial charge in [0.25, 0.3) is 0 Å². The number of carbonyl (C=O) groups is 1. The molecule has 0 aromatic heterocycles. The van der Waals surface area contributed by atoms with Crippen LogP contribution in [0, 0.1) is 0 Å². The average molecular weight is 235 g/mol. The highest BCUT2D eigenvalue weighted by Gasteiger charge is 2.06. The van der Waals surface area contributed by atoms with Gasteiger partial charge in [-0.1, -0.05) is 6.07 Å². The second-order valence-electron chi connectivity index (χ2n) is 3.86. The lowest BCUT2D eigenvalue weighted by atomic mass is 10.2. The minimum absolute atomic E-state index is 0.209. The first-order valence-corrected chi connectivity index (χ1v) is 5.47. The number of nitrogens with zero attached hydrogens (tertiary/aromatic N) is 1. The van der Waals surface area contributed by atoms with Crippen molar-refractivity contribution in [2.45, 2.75) is 13.8 Å². The molecular formula is C13H17NO3. The van der Waals surface area contributed by atoms with Crippen LogP contribution in [0.3, 0.4) is 0 Å². The molecule has 0 amide bonds. The Bertz CT molecular complexity index is 426. The molecule has 4 heteroatoms. The van der Waals surface area contributed by atoms with Crippen molar-refractivity contribution in [2.75, 3.05) is 18.0 Å². The van der Waals surface area contributed by atoms with E-state index < -0.39 is 5.97 Å². The number of phenolic OH excluding ortho intramolecular Hbond substituents is 1. The van der Waals surface area contributed by atoms with Gasteiger partial charge in [-0.2, -0.15) is 0 Å². The van der Waals surface area contributed by atoms with Crippen LogP contribution in [0.1, 0.15) is 13.8 Å². The lowest BCUT2D eigenvalue weighted by Crippen LogP contribution is -2.24. The molecule has 0 fully saturated rings. The van der Waals surface area contributed by atoms with Crippen molar-refractivity contribution in [3.8, 4) is 5.75 Å². The molecule has 0 atom stereocenters. The summed E-state index contributed by atoms with van der Waals surface area (Å²) in [7, 11) is 0. The van der Waals surface area contributed by atoms with Crippen molar-refractivity contribution < 1.29 is 15.0 Å². The Labute approximate surface area is 101 Å². The Morgan fingerprint density at radius 1 is 1.47 bits per heavy atom. The number of anilines is 1. The van der Waals surface area contributed by atoms with E-state index in [1.165, 1.54) is 6.08 Å². The largest absolute Gasteiger partial charge is 0.508 e. The van der Waals surface area contributed by atoms with Crippen molar-refractivity contribution in [1.29, 1.82) is 0 Å². The Hall–Kier alpha value is -1.97. The molecule has 0 saturated carbocycles. The molecule has 0 aliphatic rings. The topological polar surface area (TPSA) is 60.8 Å². The van der Waals surface area contributed by atoms with Crippen LogP contribution in [-0.4, -0.2) is 29.3 Å². The van der Waals surface area contributed by atoms with Crippen molar-refractivity contribution in [2.24, 2.45) is 0 Å². The molecule has 0 spiro atoms. The van der Waals surface area contributed by atoms with E-state index in [1.807, 2.05) is 17.9 Å². The number of aliphatic carboxylic acids is 1. The predicted octanol–water partition coefficient (Wildman–Crippen LogP) is 2.25. The Kier molecular flexibility index (Phi) is 4.57. The molecule has 92 valence electrons. The Morgan fingerprint density at radius 2 is 2.18 bits per heavy atom. The molecule has 0 aliphatic carbocycles. The van der Waals surface area contributed by atoms with Gasteiger partial charge in [0.1, 0.15) is 5.75 Å². The summed E-state index contributed by atoms with van der Waals surface area (Å²) in [6.07, 6.45) is 1.20. The zero-order valence-electron chi connectivity index (χ0n) is 10.1. The minimum Gasteiger partial charge on any atom is -0.508 e. The van der Waals surface area contributed by atoms with Gasteiger partial charge in [-0.05, 0) is 31.6 Å². The van der Waals surface area contributed by atoms with Crippen molar-refractivity contribution >= 4 is 11.7 Å². The van der Waals surface area contributed by atoms with Crippen molar-refractivity contribution in [3.05, 3.63) is 35.9 Å². The average Bonchev–Trinajstić information content (AvgIpc) is 2.24. The maximum absolute atomic E-state index is 10.5. The van der Waals surface area contributed by atoms with E-state index in [0.29, 0.717) is 6.54 Å². The standard InChI is InChI=1S/C13H17NO3/c1-3-14(9-10(2)7-13(16)17)11-5-4-6-12(15)8-11/h4-8,15H,3,9H2,1-2H3,(H,16,17)/b10-7+. The number of hydrogen-bond donors (Lipinski definition) is 2. The van der Waals surface area contributed by atoms with Gasteiger partial charge in [0.15, 0.2) is 0 Å². The first-order valence-electron chi connectivity index (χ1n) is 5.47. The van der Waals surface area contributed by atoms with E-state index in [0.717, 1.165) is 17.8 Å². The van der Waals surface area contributed by atoms with Gasteiger partial charge in [-0.25, -0.2) is 4.79 Å². The summed E-state index contributed by atoms with van der Waals surface area (Å²) in [4.78, 5) is 12.5. The molecule has 17 heavy (non-hydrogen) atoms. The van der Waals surface area contributed by atoms with E-state index in [1.54, 1.807) is 25.1 Å². The molecule has 2 N–H and O–H groups in total. The molecule has 0 aliphatic heterocycles. The number of carboxylic acids is 1. The normalized spacial score (nSPS) is 11.3. The maximum atomic E-state index is 10.5. The summed E-state index contributed by atoms with van der Waals surface area (Å²) in [5.74, 6) is -0.727. The molecular weight excluding hydrogens is 218 g/mol. The highest BCUT2D eigenvalue weighted by molar-refractivity contribution is 5.80. The second kappa shape index (κ2) is 5.94. The molecule has 0 bridgehead atoms. The number of aromatic hydroxyl groups is 1. The van der Waals surface area contributed by atoms with Crippen LogP contribution in [0.5, 0.6) is 5.75 Å². The Morgan fingerprint density at radius 3 is 2.71 bits per heavy atom. The lowest BCUT2D eigenvalue weighted by Gasteiger charge is -2.23. The lowest BCUT2D eigenvalue weighted by molar-refractivity contribution is -0.131. The van der Waals surface area contributed by atoms with E-state index in [4.69, 9.17) is 5.11 Å². The van der Waals surface area contributed by atoms with Gasteiger partial charge < -0.3 is 15.1 Å². The van der Waals surface area contributed by atoms with Crippen LogP contribution in [-0.2, 0) is 4.79 Å². The zero-order valence-corrected chi connectivity index (χ0v) is 10.1. The highest BCUT2D eigenvalue weighted by atomic mass is 16.4. The number of phenols is 1. The summed E-state index contributed by atoms with van der Waals surface area (Å²) < 4.78 is 0.